The maximum Gasteiger partial charge on any atom is 0.139 e. The van der Waals surface area contributed by atoms with E-state index in [1.807, 2.05) is 52.1 Å². The monoisotopic (exact) mass is 342 g/mol. The quantitative estimate of drug-likeness (QED) is 0.659. The van der Waals surface area contributed by atoms with E-state index in [2.05, 4.69) is 19.9 Å². The van der Waals surface area contributed by atoms with Gasteiger partial charge in [0.2, 0.25) is 0 Å². The van der Waals surface area contributed by atoms with E-state index in [9.17, 15) is 4.39 Å². The van der Waals surface area contributed by atoms with Gasteiger partial charge in [0.15, 0.2) is 0 Å². The number of alkyl halides is 1. The number of aryl methyl sites for hydroxylation is 3. The SMILES string of the molecule is CC.Cc1ccnc(C)c1Nc1nccc2c1ccn2CCC(C)F. The fraction of sp³-hybridized carbons (Fsp3) is 0.400. The second-order valence-electron chi connectivity index (χ2n) is 5.88. The Kier molecular flexibility index (Phi) is 6.51. The maximum atomic E-state index is 13.1. The highest BCUT2D eigenvalue weighted by atomic mass is 19.1. The number of fused-ring (bicyclic) bond motifs is 1. The van der Waals surface area contributed by atoms with E-state index in [1.54, 1.807) is 19.3 Å². The second kappa shape index (κ2) is 8.60. The first kappa shape index (κ1) is 18.9. The van der Waals surface area contributed by atoms with Crippen LogP contribution in [0.5, 0.6) is 0 Å². The van der Waals surface area contributed by atoms with Crippen LogP contribution in [0.15, 0.2) is 36.8 Å². The molecule has 134 valence electrons. The van der Waals surface area contributed by atoms with E-state index < -0.39 is 6.17 Å². The van der Waals surface area contributed by atoms with Gasteiger partial charge >= 0.3 is 0 Å². The molecule has 0 aromatic carbocycles. The van der Waals surface area contributed by atoms with Gasteiger partial charge in [0.1, 0.15) is 5.82 Å². The molecule has 0 fully saturated rings. The van der Waals surface area contributed by atoms with Gasteiger partial charge in [0, 0.05) is 30.5 Å². The van der Waals surface area contributed by atoms with E-state index in [-0.39, 0.29) is 0 Å². The van der Waals surface area contributed by atoms with Gasteiger partial charge in [-0.15, -0.1) is 0 Å². The summed E-state index contributed by atoms with van der Waals surface area (Å²) in [6, 6.07) is 5.96. The number of nitrogens with zero attached hydrogens (tertiary/aromatic N) is 3. The zero-order chi connectivity index (χ0) is 18.4. The van der Waals surface area contributed by atoms with Crippen molar-refractivity contribution in [2.24, 2.45) is 0 Å². The number of aromatic nitrogens is 3. The molecule has 1 N–H and O–H groups in total. The summed E-state index contributed by atoms with van der Waals surface area (Å²) in [4.78, 5) is 8.80. The van der Waals surface area contributed by atoms with Crippen LogP contribution in [0.1, 0.15) is 38.4 Å². The minimum Gasteiger partial charge on any atom is -0.347 e. The third-order valence-corrected chi connectivity index (χ3v) is 4.06. The molecule has 1 unspecified atom stereocenters. The summed E-state index contributed by atoms with van der Waals surface area (Å²) >= 11 is 0. The summed E-state index contributed by atoms with van der Waals surface area (Å²) in [5, 5.41) is 4.43. The lowest BCUT2D eigenvalue weighted by Gasteiger charge is -2.12. The minimum absolute atomic E-state index is 0.510. The molecule has 3 aromatic rings. The number of pyridine rings is 2. The summed E-state index contributed by atoms with van der Waals surface area (Å²) in [5.41, 5.74) is 4.11. The van der Waals surface area contributed by atoms with Crippen LogP contribution in [0.3, 0.4) is 0 Å². The third kappa shape index (κ3) is 4.35. The highest BCUT2D eigenvalue weighted by Crippen LogP contribution is 2.28. The molecule has 3 heterocycles. The maximum absolute atomic E-state index is 13.1. The van der Waals surface area contributed by atoms with Gasteiger partial charge < -0.3 is 9.88 Å². The van der Waals surface area contributed by atoms with Gasteiger partial charge in [0.25, 0.3) is 0 Å². The Labute approximate surface area is 149 Å². The summed E-state index contributed by atoms with van der Waals surface area (Å²) < 4.78 is 15.2. The first-order chi connectivity index (χ1) is 12.1. The molecule has 3 aromatic heterocycles. The largest absolute Gasteiger partial charge is 0.347 e. The number of halogens is 1. The van der Waals surface area contributed by atoms with Crippen LogP contribution in [0, 0.1) is 13.8 Å². The summed E-state index contributed by atoms with van der Waals surface area (Å²) in [7, 11) is 0. The average Bonchev–Trinajstić information content (AvgIpc) is 3.02. The van der Waals surface area contributed by atoms with Crippen molar-refractivity contribution in [2.45, 2.75) is 53.8 Å². The first-order valence-corrected chi connectivity index (χ1v) is 8.83. The molecule has 1 atom stereocenters. The Bertz CT molecular complexity index is 803. The van der Waals surface area contributed by atoms with E-state index >= 15 is 0 Å². The van der Waals surface area contributed by atoms with Gasteiger partial charge in [0.05, 0.1) is 23.1 Å². The number of rotatable bonds is 5. The second-order valence-corrected chi connectivity index (χ2v) is 5.88. The molecule has 0 aliphatic carbocycles. The molecular formula is C20H27FN4. The van der Waals surface area contributed by atoms with Gasteiger partial charge in [-0.1, -0.05) is 13.8 Å². The number of hydrogen-bond acceptors (Lipinski definition) is 3. The predicted molar refractivity (Wildman–Crippen MR) is 103 cm³/mol. The summed E-state index contributed by atoms with van der Waals surface area (Å²) in [5.74, 6) is 0.800. The van der Waals surface area contributed by atoms with E-state index in [1.165, 1.54) is 0 Å². The fourth-order valence-electron chi connectivity index (χ4n) is 2.74. The van der Waals surface area contributed by atoms with Crippen LogP contribution in [0.2, 0.25) is 0 Å². The van der Waals surface area contributed by atoms with Crippen LogP contribution in [-0.4, -0.2) is 20.7 Å². The number of hydrogen-bond donors (Lipinski definition) is 1. The van der Waals surface area contributed by atoms with Crippen LogP contribution < -0.4 is 5.32 Å². The molecule has 0 saturated carbocycles. The van der Waals surface area contributed by atoms with Gasteiger partial charge in [-0.25, -0.2) is 9.37 Å². The number of anilines is 2. The van der Waals surface area contributed by atoms with E-state index in [0.29, 0.717) is 13.0 Å². The van der Waals surface area contributed by atoms with Crippen LogP contribution in [0.4, 0.5) is 15.9 Å². The van der Waals surface area contributed by atoms with Crippen molar-refractivity contribution >= 4 is 22.4 Å². The van der Waals surface area contributed by atoms with Crippen LogP contribution in [-0.2, 0) is 6.54 Å². The topological polar surface area (TPSA) is 42.7 Å². The highest BCUT2D eigenvalue weighted by molar-refractivity contribution is 5.92. The third-order valence-electron chi connectivity index (χ3n) is 4.06. The van der Waals surface area contributed by atoms with Gasteiger partial charge in [-0.05, 0) is 51.0 Å². The normalized spacial score (nSPS) is 11.8. The predicted octanol–water partition coefficient (Wildman–Crippen LogP) is 5.57. The van der Waals surface area contributed by atoms with Crippen molar-refractivity contribution in [2.75, 3.05) is 5.32 Å². The van der Waals surface area contributed by atoms with Crippen molar-refractivity contribution in [1.29, 1.82) is 0 Å². The molecule has 3 rings (SSSR count). The standard InChI is InChI=1S/C18H21FN4.C2H6/c1-12-4-8-20-14(3)17(12)22-18-15-7-11-23(10-6-13(2)19)16(15)5-9-21-18;1-2/h4-5,7-9,11,13H,6,10H2,1-3H3,(H,21,22);1-2H3. The van der Waals surface area contributed by atoms with Gasteiger partial charge in [-0.3, -0.25) is 4.98 Å². The smallest absolute Gasteiger partial charge is 0.139 e. The van der Waals surface area contributed by atoms with Crippen molar-refractivity contribution < 1.29 is 4.39 Å². The Balaban J connectivity index is 0.00000109. The Morgan fingerprint density at radius 3 is 2.52 bits per heavy atom. The van der Waals surface area contributed by atoms with Gasteiger partial charge in [-0.2, -0.15) is 0 Å². The van der Waals surface area contributed by atoms with Crippen molar-refractivity contribution in [3.8, 4) is 0 Å². The molecule has 5 heteroatoms. The molecule has 0 radical (unpaired) electrons. The number of nitrogens with one attached hydrogen (secondary N) is 1. The fourth-order valence-corrected chi connectivity index (χ4v) is 2.74. The van der Waals surface area contributed by atoms with Crippen molar-refractivity contribution in [1.82, 2.24) is 14.5 Å². The van der Waals surface area contributed by atoms with Crippen molar-refractivity contribution in [3.63, 3.8) is 0 Å². The van der Waals surface area contributed by atoms with E-state index in [0.717, 1.165) is 33.7 Å². The first-order valence-electron chi connectivity index (χ1n) is 8.83. The summed E-state index contributed by atoms with van der Waals surface area (Å²) in [6.07, 6.45) is 5.28. The minimum atomic E-state index is -0.799. The zero-order valence-corrected chi connectivity index (χ0v) is 15.7. The molecule has 0 aliphatic rings. The van der Waals surface area contributed by atoms with Crippen LogP contribution >= 0.6 is 0 Å². The lowest BCUT2D eigenvalue weighted by atomic mass is 10.2. The lowest BCUT2D eigenvalue weighted by Crippen LogP contribution is -2.03. The van der Waals surface area contributed by atoms with E-state index in [4.69, 9.17) is 0 Å². The molecule has 0 spiro atoms. The molecule has 25 heavy (non-hydrogen) atoms. The van der Waals surface area contributed by atoms with Crippen LogP contribution in [0.25, 0.3) is 10.9 Å². The average molecular weight is 342 g/mol. The Hall–Kier alpha value is -2.43. The highest BCUT2D eigenvalue weighted by Gasteiger charge is 2.10. The summed E-state index contributed by atoms with van der Waals surface area (Å²) in [6.45, 7) is 10.3. The zero-order valence-electron chi connectivity index (χ0n) is 15.7. The Morgan fingerprint density at radius 1 is 1.12 bits per heavy atom. The molecular weight excluding hydrogens is 315 g/mol. The van der Waals surface area contributed by atoms with Crippen molar-refractivity contribution in [3.05, 3.63) is 48.0 Å². The molecule has 0 aliphatic heterocycles. The Morgan fingerprint density at radius 2 is 1.84 bits per heavy atom. The molecule has 4 nitrogen and oxygen atoms in total. The molecule has 0 bridgehead atoms. The molecule has 0 amide bonds. The molecule has 0 saturated heterocycles. The lowest BCUT2D eigenvalue weighted by molar-refractivity contribution is 0.327.